The molecule has 6 nitrogen and oxygen atoms in total. The molecule has 2 aromatic heterocycles. The Bertz CT molecular complexity index is 6340. The summed E-state index contributed by atoms with van der Waals surface area (Å²) < 4.78 is 18.4. The number of hydrogen-bond donors (Lipinski definition) is 0. The molecule has 32 heteroatoms. The third kappa shape index (κ3) is 20.3. The summed E-state index contributed by atoms with van der Waals surface area (Å²) in [4.78, 5) is 31.4. The average molecular weight is 2230 g/mol. The van der Waals surface area contributed by atoms with Crippen molar-refractivity contribution >= 4 is 311 Å². The van der Waals surface area contributed by atoms with E-state index in [0.717, 1.165) is 96.3 Å². The van der Waals surface area contributed by atoms with Gasteiger partial charge in [-0.05, 0) is 278 Å². The molecule has 0 bridgehead atoms. The van der Waals surface area contributed by atoms with Crippen LogP contribution in [-0.2, 0) is 25.6 Å². The first-order chi connectivity index (χ1) is 61.0. The Balaban J connectivity index is 0.000000145. The first-order valence-electron chi connectivity index (χ1n) is 41.3. The number of hydrogen-bond acceptors (Lipinski definition) is 8. The van der Waals surface area contributed by atoms with Gasteiger partial charge in [0.2, 0.25) is 0 Å². The smallest absolute Gasteiger partial charge is 0.399 e. The van der Waals surface area contributed by atoms with Crippen LogP contribution in [-0.4, -0.2) is 18.3 Å². The van der Waals surface area contributed by atoms with Crippen LogP contribution in [0.4, 0.5) is 34.1 Å². The molecule has 1 fully saturated rings. The second kappa shape index (κ2) is 41.9. The molecule has 15 aromatic rings. The van der Waals surface area contributed by atoms with Gasteiger partial charge >= 0.3 is 7.12 Å². The van der Waals surface area contributed by atoms with Crippen LogP contribution in [0.25, 0.3) is 62.6 Å². The van der Waals surface area contributed by atoms with Gasteiger partial charge in [0.05, 0.1) is 34.0 Å². The van der Waals surface area contributed by atoms with E-state index >= 15 is 0 Å². The third-order valence-corrected chi connectivity index (χ3v) is 160. The van der Waals surface area contributed by atoms with Crippen molar-refractivity contribution in [2.45, 2.75) is 103 Å². The van der Waals surface area contributed by atoms with Crippen molar-refractivity contribution < 1.29 is 9.31 Å². The summed E-state index contributed by atoms with van der Waals surface area (Å²) >= 11 is 10.1. The predicted octanol–water partition coefficient (Wildman–Crippen LogP) is 37.6. The second-order valence-electron chi connectivity index (χ2n) is 34.3. The monoisotopic (exact) mass is 2230 g/mol. The van der Waals surface area contributed by atoms with Crippen molar-refractivity contribution in [3.63, 3.8) is 0 Å². The van der Waals surface area contributed by atoms with Crippen LogP contribution in [0, 0.1) is 0 Å². The lowest BCUT2D eigenvalue weighted by atomic mass is 9.64. The number of nitrogens with zero attached hydrogens (tertiary/aromatic N) is 2. The van der Waals surface area contributed by atoms with E-state index in [0.29, 0.717) is 0 Å². The standard InChI is InChI=1S/C56H43NOS.C27H30BNO2.C13H6Br2OS.H23P21/c1-55(2)45-15-7-5-13-41(45)53(42-14-6-8-16-46(42)55)37-23-21-35(22-24-37)38-27-31-51-43(33-38)54(58)44-34-39(28-32-52(44)59-51)36-25-29-40(30-26-36)57-49-19-11-9-17-47(49)56(3,4)48-18-10-12-20-50(48)57;1-25(2)21-11-7-9-13-23(21)29(24-14-10-8-12-22(24)25)20-17-15-19(16-18-20)28-30-26(3,4)27(5,6)31-28;14-7-1-3-11-9(5-7)13(16)10-6-8(15)2-4-12(10)17-11;1-12-18(13(2)3)21(19(14(4)5)15(6)7)20(16(8)9)17(10)11/h5-34,53H,1-4H3;7-18H,1-6H3;1-6H;12H,1-11H2. The number of halogens is 2. The van der Waals surface area contributed by atoms with E-state index in [1.165, 1.54) is 72.8 Å². The molecular formula is C96H102BBr2N2O4P21S2. The van der Waals surface area contributed by atoms with Gasteiger partial charge in [-0.3, -0.25) is 9.59 Å². The summed E-state index contributed by atoms with van der Waals surface area (Å²) in [5.41, 5.74) is 23.8. The minimum atomic E-state index is -0.348. The molecule has 19 rings (SSSR count). The highest BCUT2D eigenvalue weighted by Gasteiger charge is 2.52. The molecule has 1 saturated heterocycles. The lowest BCUT2D eigenvalue weighted by molar-refractivity contribution is 0.00578. The largest absolute Gasteiger partial charge is 0.494 e. The lowest BCUT2D eigenvalue weighted by Gasteiger charge is -2.46. The van der Waals surface area contributed by atoms with Gasteiger partial charge in [-0.2, -0.15) is 0 Å². The van der Waals surface area contributed by atoms with Crippen molar-refractivity contribution in [3.05, 3.63) is 371 Å². The highest BCUT2D eigenvalue weighted by molar-refractivity contribution is 9.37. The van der Waals surface area contributed by atoms with Crippen molar-refractivity contribution in [2.75, 3.05) is 9.80 Å². The van der Waals surface area contributed by atoms with Gasteiger partial charge in [-0.15, -0.1) is 121 Å². The summed E-state index contributed by atoms with van der Waals surface area (Å²) in [6, 6.07) is 103. The molecule has 13 atom stereocenters. The van der Waals surface area contributed by atoms with Crippen molar-refractivity contribution in [3.8, 4) is 22.3 Å². The van der Waals surface area contributed by atoms with E-state index in [2.05, 4.69) is 464 Å². The van der Waals surface area contributed by atoms with E-state index in [1.54, 1.807) is 22.7 Å². The number of benzene rings is 13. The van der Waals surface area contributed by atoms with Crippen LogP contribution in [0.5, 0.6) is 0 Å². The Morgan fingerprint density at radius 2 is 0.641 bits per heavy atom. The highest BCUT2D eigenvalue weighted by atomic mass is 79.9. The van der Waals surface area contributed by atoms with E-state index in [-0.39, 0.29) is 114 Å². The molecule has 0 radical (unpaired) electrons. The van der Waals surface area contributed by atoms with Gasteiger partial charge < -0.3 is 19.1 Å². The summed E-state index contributed by atoms with van der Waals surface area (Å²) in [6.45, 7) is 23.1. The molecule has 3 aliphatic heterocycles. The Hall–Kier alpha value is -0.785. The maximum atomic E-state index is 14.3. The maximum absolute atomic E-state index is 14.3. The quantitative estimate of drug-likeness (QED) is 0.0579. The molecule has 13 aromatic carbocycles. The molecule has 0 saturated carbocycles. The van der Waals surface area contributed by atoms with Gasteiger partial charge in [-0.25, -0.2) is 0 Å². The summed E-state index contributed by atoms with van der Waals surface area (Å²) in [5, 5.41) is 3.07. The zero-order chi connectivity index (χ0) is 91.0. The third-order valence-electron chi connectivity index (χ3n) is 24.8. The van der Waals surface area contributed by atoms with Crippen LogP contribution >= 0.6 is 224 Å². The van der Waals surface area contributed by atoms with E-state index in [4.69, 9.17) is 9.31 Å². The predicted molar refractivity (Wildman–Crippen MR) is 637 cm³/mol. The Labute approximate surface area is 817 Å². The fourth-order valence-corrected chi connectivity index (χ4v) is 273. The number of rotatable bonds is 15. The molecule has 13 unspecified atom stereocenters. The zero-order valence-electron chi connectivity index (χ0n) is 72.3. The molecule has 0 N–H and O–H groups in total. The molecule has 654 valence electrons. The Morgan fingerprint density at radius 1 is 0.344 bits per heavy atom. The zero-order valence-corrected chi connectivity index (χ0v) is 98.9. The molecule has 0 amide bonds. The first kappa shape index (κ1) is 100. The van der Waals surface area contributed by atoms with Gasteiger partial charge in [0.1, 0.15) is 0 Å². The fraction of sp³-hybridized carbons (Fsp3) is 0.167. The number of fused-ring (bicyclic) bond motifs is 10. The Kier molecular flexibility index (Phi) is 32.8. The molecule has 0 spiro atoms. The van der Waals surface area contributed by atoms with Crippen LogP contribution in [0.2, 0.25) is 0 Å². The molecule has 4 aliphatic rings. The van der Waals surface area contributed by atoms with E-state index in [1.807, 2.05) is 36.4 Å². The first-order valence-corrected chi connectivity index (χ1v) is 82.1. The van der Waals surface area contributed by atoms with Crippen LogP contribution in [0.1, 0.15) is 125 Å². The topological polar surface area (TPSA) is 59.1 Å². The van der Waals surface area contributed by atoms with E-state index in [9.17, 15) is 9.59 Å². The minimum Gasteiger partial charge on any atom is -0.399 e. The van der Waals surface area contributed by atoms with Crippen LogP contribution in [0.15, 0.2) is 310 Å². The van der Waals surface area contributed by atoms with Crippen molar-refractivity contribution in [1.29, 1.82) is 0 Å². The van der Waals surface area contributed by atoms with Gasteiger partial charge in [0.25, 0.3) is 0 Å². The molecule has 1 aliphatic carbocycles. The molecule has 128 heavy (non-hydrogen) atoms. The number of para-hydroxylation sites is 4. The van der Waals surface area contributed by atoms with E-state index < -0.39 is 0 Å². The fourth-order valence-electron chi connectivity index (χ4n) is 17.7. The minimum absolute atomic E-state index is 0.0296. The summed E-state index contributed by atoms with van der Waals surface area (Å²) in [6.07, 6.45) is 0. The average Bonchev–Trinajstić information content (AvgIpc) is 0.767. The normalized spacial score (nSPS) is 15.9. The van der Waals surface area contributed by atoms with Crippen molar-refractivity contribution in [2.24, 2.45) is 0 Å². The molecule has 5 heterocycles. The maximum Gasteiger partial charge on any atom is 0.494 e. The summed E-state index contributed by atoms with van der Waals surface area (Å²) in [5.74, 6) is 0.165. The van der Waals surface area contributed by atoms with Crippen molar-refractivity contribution in [1.82, 2.24) is 0 Å². The van der Waals surface area contributed by atoms with Gasteiger partial charge in [0.15, 0.2) is 10.9 Å². The molecular weight excluding hydrogens is 2130 g/mol. The highest BCUT2D eigenvalue weighted by Crippen LogP contribution is 3.31. The van der Waals surface area contributed by atoms with Crippen LogP contribution < -0.4 is 26.1 Å². The second-order valence-corrected chi connectivity index (χ2v) is 119. The van der Waals surface area contributed by atoms with Crippen LogP contribution in [0.3, 0.4) is 0 Å². The van der Waals surface area contributed by atoms with Gasteiger partial charge in [-0.1, -0.05) is 263 Å². The lowest BCUT2D eigenvalue weighted by Crippen LogP contribution is -2.41. The summed E-state index contributed by atoms with van der Waals surface area (Å²) in [7, 11) is 35.6. The SMILES string of the molecule is CC1(C)c2ccccc2C(c2ccc(-c3ccc4sc5ccc(-c6ccc(N7c8ccccc8C(C)(C)c8ccccc87)cc6)cc5c(=O)c4c3)cc2)c2ccccc21.CC1(C)c2ccccc2N(c2ccc(B3OC(C)(C)C(C)(C)O3)cc2)c2ccccc21.O=c1c2cc(Br)ccc2sc2ccc(Br)cc12.PPP(P(P)P)P(P(P(P)P)P(P)P)P(P(P)P)P(P)P. The number of anilines is 6. The Morgan fingerprint density at radius 3 is 0.984 bits per heavy atom. The van der Waals surface area contributed by atoms with Gasteiger partial charge in [0, 0.05) is 82.8 Å².